The summed E-state index contributed by atoms with van der Waals surface area (Å²) in [4.78, 5) is 4.14. The van der Waals surface area contributed by atoms with Gasteiger partial charge in [-0.05, 0) is 36.4 Å². The number of hydrogen-bond acceptors (Lipinski definition) is 2. The number of pyridine rings is 1. The van der Waals surface area contributed by atoms with Crippen LogP contribution >= 0.6 is 0 Å². The van der Waals surface area contributed by atoms with Crippen molar-refractivity contribution in [3.63, 3.8) is 0 Å². The molecule has 0 N–H and O–H groups in total. The Balaban J connectivity index is 2.07. The van der Waals surface area contributed by atoms with Crippen LogP contribution in [0.3, 0.4) is 0 Å². The third-order valence-corrected chi connectivity index (χ3v) is 2.22. The summed E-state index contributed by atoms with van der Waals surface area (Å²) in [6.45, 7) is -1.28. The molecule has 0 aliphatic rings. The summed E-state index contributed by atoms with van der Waals surface area (Å²) in [5, 5.41) is 0. The summed E-state index contributed by atoms with van der Waals surface area (Å²) < 4.78 is 40.5. The van der Waals surface area contributed by atoms with E-state index in [9.17, 15) is 13.2 Å². The van der Waals surface area contributed by atoms with Crippen molar-refractivity contribution < 1.29 is 17.9 Å². The van der Waals surface area contributed by atoms with E-state index in [1.165, 1.54) is 12.1 Å². The zero-order valence-corrected chi connectivity index (χ0v) is 9.32. The lowest BCUT2D eigenvalue weighted by Crippen LogP contribution is -2.19. The van der Waals surface area contributed by atoms with Gasteiger partial charge in [-0.3, -0.25) is 4.98 Å². The Morgan fingerprint density at radius 3 is 2.28 bits per heavy atom. The van der Waals surface area contributed by atoms with Crippen molar-refractivity contribution >= 4 is 0 Å². The zero-order valence-electron chi connectivity index (χ0n) is 9.32. The summed E-state index contributed by atoms with van der Waals surface area (Å²) in [5.74, 6) is 0.187. The van der Waals surface area contributed by atoms with E-state index in [-0.39, 0.29) is 5.75 Å². The zero-order chi connectivity index (χ0) is 13.0. The summed E-state index contributed by atoms with van der Waals surface area (Å²) in [5.41, 5.74) is 1.59. The molecule has 1 heterocycles. The van der Waals surface area contributed by atoms with E-state index >= 15 is 0 Å². The Kier molecular flexibility index (Phi) is 3.50. The molecule has 0 atom stereocenters. The van der Waals surface area contributed by atoms with Gasteiger partial charge in [0.15, 0.2) is 6.61 Å². The molecular weight excluding hydrogens is 243 g/mol. The Morgan fingerprint density at radius 1 is 1.00 bits per heavy atom. The SMILES string of the molecule is FC(F)(F)COc1ccc(-c2ccccn2)cc1. The summed E-state index contributed by atoms with van der Waals surface area (Å²) in [7, 11) is 0. The summed E-state index contributed by atoms with van der Waals surface area (Å²) >= 11 is 0. The Bertz CT molecular complexity index is 494. The van der Waals surface area contributed by atoms with Crippen molar-refractivity contribution in [3.05, 3.63) is 48.7 Å². The maximum atomic E-state index is 12.0. The standard InChI is InChI=1S/C13H10F3NO/c14-13(15,16)9-18-11-6-4-10(5-7-11)12-3-1-2-8-17-12/h1-8H,9H2. The van der Waals surface area contributed by atoms with Gasteiger partial charge in [0.2, 0.25) is 0 Å². The minimum Gasteiger partial charge on any atom is -0.484 e. The second-order valence-corrected chi connectivity index (χ2v) is 3.64. The van der Waals surface area contributed by atoms with Crippen LogP contribution in [-0.2, 0) is 0 Å². The minimum absolute atomic E-state index is 0.187. The average molecular weight is 253 g/mol. The Morgan fingerprint density at radius 2 is 1.72 bits per heavy atom. The fraction of sp³-hybridized carbons (Fsp3) is 0.154. The van der Waals surface area contributed by atoms with Gasteiger partial charge in [-0.1, -0.05) is 6.07 Å². The number of nitrogens with zero attached hydrogens (tertiary/aromatic N) is 1. The van der Waals surface area contributed by atoms with Crippen LogP contribution in [0.1, 0.15) is 0 Å². The number of alkyl halides is 3. The molecule has 0 saturated carbocycles. The maximum Gasteiger partial charge on any atom is 0.422 e. The predicted octanol–water partition coefficient (Wildman–Crippen LogP) is 3.69. The van der Waals surface area contributed by atoms with Crippen molar-refractivity contribution in [1.82, 2.24) is 4.98 Å². The lowest BCUT2D eigenvalue weighted by Gasteiger charge is -2.09. The van der Waals surface area contributed by atoms with Crippen molar-refractivity contribution in [1.29, 1.82) is 0 Å². The molecule has 0 unspecified atom stereocenters. The molecule has 0 aliphatic carbocycles. The fourth-order valence-electron chi connectivity index (χ4n) is 1.42. The number of benzene rings is 1. The third kappa shape index (κ3) is 3.48. The molecule has 0 saturated heterocycles. The van der Waals surface area contributed by atoms with Crippen LogP contribution in [0, 0.1) is 0 Å². The Hall–Kier alpha value is -2.04. The van der Waals surface area contributed by atoms with Gasteiger partial charge in [-0.15, -0.1) is 0 Å². The number of ether oxygens (including phenoxy) is 1. The van der Waals surface area contributed by atoms with Crippen LogP contribution in [0.25, 0.3) is 11.3 Å². The largest absolute Gasteiger partial charge is 0.484 e. The van der Waals surface area contributed by atoms with E-state index in [0.717, 1.165) is 11.3 Å². The molecule has 0 fully saturated rings. The van der Waals surface area contributed by atoms with Gasteiger partial charge in [0.25, 0.3) is 0 Å². The second-order valence-electron chi connectivity index (χ2n) is 3.64. The lowest BCUT2D eigenvalue weighted by atomic mass is 10.1. The first-order chi connectivity index (χ1) is 8.54. The van der Waals surface area contributed by atoms with Gasteiger partial charge in [0, 0.05) is 11.8 Å². The molecule has 2 aromatic rings. The smallest absolute Gasteiger partial charge is 0.422 e. The van der Waals surface area contributed by atoms with Crippen LogP contribution in [0.15, 0.2) is 48.7 Å². The highest BCUT2D eigenvalue weighted by atomic mass is 19.4. The van der Waals surface area contributed by atoms with E-state index in [1.807, 2.05) is 12.1 Å². The average Bonchev–Trinajstić information content (AvgIpc) is 2.37. The van der Waals surface area contributed by atoms with Crippen molar-refractivity contribution in [2.24, 2.45) is 0 Å². The third-order valence-electron chi connectivity index (χ3n) is 2.22. The topological polar surface area (TPSA) is 22.1 Å². The lowest BCUT2D eigenvalue weighted by molar-refractivity contribution is -0.153. The molecule has 5 heteroatoms. The molecule has 18 heavy (non-hydrogen) atoms. The van der Waals surface area contributed by atoms with Crippen LogP contribution in [0.4, 0.5) is 13.2 Å². The first-order valence-electron chi connectivity index (χ1n) is 5.26. The van der Waals surface area contributed by atoms with Crippen molar-refractivity contribution in [2.45, 2.75) is 6.18 Å². The molecule has 0 bridgehead atoms. The molecule has 0 spiro atoms. The van der Waals surface area contributed by atoms with E-state index < -0.39 is 12.8 Å². The second kappa shape index (κ2) is 5.08. The van der Waals surface area contributed by atoms with Crippen LogP contribution < -0.4 is 4.74 Å². The molecule has 0 radical (unpaired) electrons. The molecular formula is C13H10F3NO. The minimum atomic E-state index is -4.32. The fourth-order valence-corrected chi connectivity index (χ4v) is 1.42. The van der Waals surface area contributed by atoms with Crippen LogP contribution in [0.5, 0.6) is 5.75 Å². The number of halogens is 3. The van der Waals surface area contributed by atoms with E-state index in [1.54, 1.807) is 24.4 Å². The van der Waals surface area contributed by atoms with Gasteiger partial charge in [0.05, 0.1) is 5.69 Å². The summed E-state index contributed by atoms with van der Waals surface area (Å²) in [6, 6.07) is 11.8. The van der Waals surface area contributed by atoms with Gasteiger partial charge in [-0.25, -0.2) is 0 Å². The van der Waals surface area contributed by atoms with E-state index in [4.69, 9.17) is 0 Å². The molecule has 2 nitrogen and oxygen atoms in total. The van der Waals surface area contributed by atoms with Crippen LogP contribution in [0.2, 0.25) is 0 Å². The van der Waals surface area contributed by atoms with E-state index in [0.29, 0.717) is 0 Å². The highest BCUT2D eigenvalue weighted by Gasteiger charge is 2.28. The highest BCUT2D eigenvalue weighted by Crippen LogP contribution is 2.22. The molecule has 1 aromatic heterocycles. The first-order valence-corrected chi connectivity index (χ1v) is 5.26. The quantitative estimate of drug-likeness (QED) is 0.832. The monoisotopic (exact) mass is 253 g/mol. The van der Waals surface area contributed by atoms with Crippen molar-refractivity contribution in [3.8, 4) is 17.0 Å². The molecule has 2 rings (SSSR count). The number of aromatic nitrogens is 1. The first kappa shape index (κ1) is 12.4. The number of rotatable bonds is 3. The molecule has 94 valence electrons. The van der Waals surface area contributed by atoms with Crippen LogP contribution in [-0.4, -0.2) is 17.8 Å². The normalized spacial score (nSPS) is 11.3. The van der Waals surface area contributed by atoms with Gasteiger partial charge in [0.1, 0.15) is 5.75 Å². The summed E-state index contributed by atoms with van der Waals surface area (Å²) in [6.07, 6.45) is -2.66. The molecule has 0 aliphatic heterocycles. The molecule has 0 amide bonds. The maximum absolute atomic E-state index is 12.0. The van der Waals surface area contributed by atoms with E-state index in [2.05, 4.69) is 9.72 Å². The Labute approximate surface area is 102 Å². The predicted molar refractivity (Wildman–Crippen MR) is 61.2 cm³/mol. The van der Waals surface area contributed by atoms with Gasteiger partial charge >= 0.3 is 6.18 Å². The van der Waals surface area contributed by atoms with Gasteiger partial charge < -0.3 is 4.74 Å². The van der Waals surface area contributed by atoms with Crippen molar-refractivity contribution in [2.75, 3.05) is 6.61 Å². The number of hydrogen-bond donors (Lipinski definition) is 0. The molecule has 1 aromatic carbocycles. The highest BCUT2D eigenvalue weighted by molar-refractivity contribution is 5.59. The van der Waals surface area contributed by atoms with Gasteiger partial charge in [-0.2, -0.15) is 13.2 Å².